The molecular weight excluding hydrogens is 232 g/mol. The van der Waals surface area contributed by atoms with Crippen molar-refractivity contribution in [2.24, 2.45) is 0 Å². The molecule has 5 heteroatoms. The summed E-state index contributed by atoms with van der Waals surface area (Å²) in [6, 6.07) is 0.443. The van der Waals surface area contributed by atoms with Gasteiger partial charge in [0.05, 0.1) is 13.0 Å². The maximum Gasteiger partial charge on any atom is 0.304 e. The lowest BCUT2D eigenvalue weighted by Gasteiger charge is -2.29. The summed E-state index contributed by atoms with van der Waals surface area (Å²) >= 11 is 0. The highest BCUT2D eigenvalue weighted by Crippen LogP contribution is 2.27. The molecule has 1 aliphatic heterocycles. The molecule has 0 aromatic rings. The number of aliphatic carboxylic acids is 1. The van der Waals surface area contributed by atoms with E-state index in [0.29, 0.717) is 19.1 Å². The van der Waals surface area contributed by atoms with Crippen LogP contribution in [0.25, 0.3) is 0 Å². The fraction of sp³-hybridized carbons (Fsp3) is 0.846. The van der Waals surface area contributed by atoms with Gasteiger partial charge in [-0.15, -0.1) is 0 Å². The van der Waals surface area contributed by atoms with Gasteiger partial charge in [0.15, 0.2) is 0 Å². The summed E-state index contributed by atoms with van der Waals surface area (Å²) in [5.41, 5.74) is 0. The Morgan fingerprint density at radius 1 is 1.17 bits per heavy atom. The molecule has 0 aromatic heterocycles. The third-order valence-corrected chi connectivity index (χ3v) is 3.72. The summed E-state index contributed by atoms with van der Waals surface area (Å²) in [6.07, 6.45) is 5.76. The lowest BCUT2D eigenvalue weighted by molar-refractivity contribution is -0.139. The predicted octanol–water partition coefficient (Wildman–Crippen LogP) is 0.938. The van der Waals surface area contributed by atoms with Crippen molar-refractivity contribution in [2.75, 3.05) is 26.2 Å². The summed E-state index contributed by atoms with van der Waals surface area (Å²) < 4.78 is 0. The number of likely N-dealkylation sites (tertiary alicyclic amines) is 1. The number of amides is 1. The van der Waals surface area contributed by atoms with E-state index in [9.17, 15) is 9.59 Å². The first-order valence-electron chi connectivity index (χ1n) is 6.90. The molecule has 2 rings (SSSR count). The van der Waals surface area contributed by atoms with Crippen LogP contribution in [0, 0.1) is 0 Å². The van der Waals surface area contributed by atoms with E-state index in [4.69, 9.17) is 5.11 Å². The van der Waals surface area contributed by atoms with Crippen molar-refractivity contribution < 1.29 is 14.7 Å². The fourth-order valence-corrected chi connectivity index (χ4v) is 2.49. The molecule has 0 spiro atoms. The number of carbonyl (C=O) groups excluding carboxylic acids is 1. The topological polar surface area (TPSA) is 60.9 Å². The summed E-state index contributed by atoms with van der Waals surface area (Å²) in [4.78, 5) is 26.7. The minimum absolute atomic E-state index is 0.129. The molecule has 5 nitrogen and oxygen atoms in total. The monoisotopic (exact) mass is 254 g/mol. The van der Waals surface area contributed by atoms with Gasteiger partial charge in [-0.2, -0.15) is 0 Å². The van der Waals surface area contributed by atoms with Crippen molar-refractivity contribution in [1.29, 1.82) is 0 Å². The highest BCUT2D eigenvalue weighted by molar-refractivity contribution is 5.78. The van der Waals surface area contributed by atoms with Crippen LogP contribution in [-0.2, 0) is 9.59 Å². The lowest BCUT2D eigenvalue weighted by atomic mass is 10.1. The van der Waals surface area contributed by atoms with Gasteiger partial charge in [0, 0.05) is 25.7 Å². The van der Waals surface area contributed by atoms with E-state index in [1.807, 2.05) is 9.80 Å². The van der Waals surface area contributed by atoms with E-state index in [0.717, 1.165) is 38.8 Å². The minimum Gasteiger partial charge on any atom is -0.481 e. The molecule has 2 fully saturated rings. The van der Waals surface area contributed by atoms with Crippen molar-refractivity contribution in [3.63, 3.8) is 0 Å². The molecule has 2 aliphatic rings. The molecule has 0 radical (unpaired) electrons. The van der Waals surface area contributed by atoms with Crippen LogP contribution < -0.4 is 0 Å². The highest BCUT2D eigenvalue weighted by atomic mass is 16.4. The Labute approximate surface area is 108 Å². The zero-order valence-corrected chi connectivity index (χ0v) is 10.8. The van der Waals surface area contributed by atoms with E-state index in [2.05, 4.69) is 0 Å². The van der Waals surface area contributed by atoms with Crippen molar-refractivity contribution >= 4 is 11.9 Å². The van der Waals surface area contributed by atoms with Gasteiger partial charge in [-0.05, 0) is 32.1 Å². The maximum atomic E-state index is 12.1. The van der Waals surface area contributed by atoms with Crippen LogP contribution >= 0.6 is 0 Å². The largest absolute Gasteiger partial charge is 0.481 e. The summed E-state index contributed by atoms with van der Waals surface area (Å²) in [5, 5.41) is 8.73. The van der Waals surface area contributed by atoms with Gasteiger partial charge in [0.1, 0.15) is 0 Å². The Hall–Kier alpha value is -1.10. The molecule has 1 saturated heterocycles. The predicted molar refractivity (Wildman–Crippen MR) is 67.3 cm³/mol. The molecule has 0 bridgehead atoms. The van der Waals surface area contributed by atoms with Gasteiger partial charge in [-0.3, -0.25) is 14.5 Å². The second-order valence-corrected chi connectivity index (χ2v) is 5.29. The molecule has 0 unspecified atom stereocenters. The van der Waals surface area contributed by atoms with Crippen LogP contribution in [0.1, 0.15) is 38.5 Å². The Bertz CT molecular complexity index is 309. The Morgan fingerprint density at radius 3 is 2.39 bits per heavy atom. The molecule has 102 valence electrons. The van der Waals surface area contributed by atoms with Crippen LogP contribution in [0.15, 0.2) is 0 Å². The average molecular weight is 254 g/mol. The second-order valence-electron chi connectivity index (χ2n) is 5.29. The van der Waals surface area contributed by atoms with Crippen molar-refractivity contribution in [3.8, 4) is 0 Å². The van der Waals surface area contributed by atoms with Crippen LogP contribution in [0.2, 0.25) is 0 Å². The van der Waals surface area contributed by atoms with Gasteiger partial charge in [0.25, 0.3) is 0 Å². The first kappa shape index (κ1) is 13.3. The second kappa shape index (κ2) is 6.18. The number of hydrogen-bond acceptors (Lipinski definition) is 3. The molecule has 0 aromatic carbocycles. The molecule has 1 amide bonds. The van der Waals surface area contributed by atoms with Gasteiger partial charge >= 0.3 is 5.97 Å². The number of hydrogen-bond donors (Lipinski definition) is 1. The minimum atomic E-state index is -0.786. The van der Waals surface area contributed by atoms with E-state index in [-0.39, 0.29) is 12.3 Å². The van der Waals surface area contributed by atoms with Gasteiger partial charge in [0.2, 0.25) is 5.91 Å². The summed E-state index contributed by atoms with van der Waals surface area (Å²) in [5.74, 6) is -0.613. The first-order chi connectivity index (χ1) is 8.66. The number of rotatable bonds is 6. The van der Waals surface area contributed by atoms with Crippen LogP contribution in [0.5, 0.6) is 0 Å². The van der Waals surface area contributed by atoms with Crippen LogP contribution in [0.4, 0.5) is 0 Å². The third-order valence-electron chi connectivity index (χ3n) is 3.72. The van der Waals surface area contributed by atoms with Crippen molar-refractivity contribution in [1.82, 2.24) is 9.80 Å². The van der Waals surface area contributed by atoms with Gasteiger partial charge < -0.3 is 10.0 Å². The molecule has 1 saturated carbocycles. The molecular formula is C13H22N2O3. The van der Waals surface area contributed by atoms with E-state index < -0.39 is 5.97 Å². The van der Waals surface area contributed by atoms with E-state index >= 15 is 0 Å². The summed E-state index contributed by atoms with van der Waals surface area (Å²) in [7, 11) is 0. The lowest BCUT2D eigenvalue weighted by Crippen LogP contribution is -2.44. The smallest absolute Gasteiger partial charge is 0.304 e. The Balaban J connectivity index is 1.79. The molecule has 1 aliphatic carbocycles. The first-order valence-corrected chi connectivity index (χ1v) is 6.90. The summed E-state index contributed by atoms with van der Waals surface area (Å²) in [6.45, 7) is 2.64. The van der Waals surface area contributed by atoms with Crippen molar-refractivity contribution in [3.05, 3.63) is 0 Å². The van der Waals surface area contributed by atoms with Crippen LogP contribution in [0.3, 0.4) is 0 Å². The fourth-order valence-electron chi connectivity index (χ4n) is 2.49. The van der Waals surface area contributed by atoms with Gasteiger partial charge in [-0.1, -0.05) is 0 Å². The quantitative estimate of drug-likeness (QED) is 0.766. The number of carboxylic acid groups (broad SMARTS) is 1. The van der Waals surface area contributed by atoms with E-state index in [1.54, 1.807) is 0 Å². The van der Waals surface area contributed by atoms with Crippen molar-refractivity contribution in [2.45, 2.75) is 44.6 Å². The number of carboxylic acids is 1. The number of nitrogens with zero attached hydrogens (tertiary/aromatic N) is 2. The standard InChI is InChI=1S/C13H22N2O3/c16-12(14-7-2-1-3-8-14)10-15(11-4-5-11)9-6-13(17)18/h11H,1-10H2,(H,17,18). The molecule has 0 atom stereocenters. The Kier molecular flexibility index (Phi) is 4.58. The molecule has 1 N–H and O–H groups in total. The number of piperidine rings is 1. The van der Waals surface area contributed by atoms with Gasteiger partial charge in [-0.25, -0.2) is 0 Å². The normalized spacial score (nSPS) is 20.2. The highest BCUT2D eigenvalue weighted by Gasteiger charge is 2.31. The molecule has 18 heavy (non-hydrogen) atoms. The van der Waals surface area contributed by atoms with E-state index in [1.165, 1.54) is 6.42 Å². The zero-order chi connectivity index (χ0) is 13.0. The zero-order valence-electron chi connectivity index (χ0n) is 10.8. The molecule has 1 heterocycles. The van der Waals surface area contributed by atoms with Crippen LogP contribution in [-0.4, -0.2) is 59.0 Å². The average Bonchev–Trinajstić information content (AvgIpc) is 3.19. The maximum absolute atomic E-state index is 12.1. The number of carbonyl (C=O) groups is 2. The third kappa shape index (κ3) is 3.98. The SMILES string of the molecule is O=C(O)CCN(CC(=O)N1CCCCC1)C1CC1. The Morgan fingerprint density at radius 2 is 1.83 bits per heavy atom.